The Kier molecular flexibility index (Phi) is 5.09. The second-order valence-corrected chi connectivity index (χ2v) is 4.49. The maximum Gasteiger partial charge on any atom is 0.195 e. The van der Waals surface area contributed by atoms with Crippen LogP contribution in [0.15, 0.2) is 23.2 Å². The van der Waals surface area contributed by atoms with Gasteiger partial charge < -0.3 is 14.9 Å². The molecule has 0 aliphatic heterocycles. The Morgan fingerprint density at radius 1 is 1.22 bits per heavy atom. The Labute approximate surface area is 107 Å². The highest BCUT2D eigenvalue weighted by atomic mass is 19.1. The molecule has 0 unspecified atom stereocenters. The van der Waals surface area contributed by atoms with E-state index in [0.29, 0.717) is 12.1 Å². The van der Waals surface area contributed by atoms with Gasteiger partial charge in [0.25, 0.3) is 0 Å². The average molecular weight is 253 g/mol. The highest BCUT2D eigenvalue weighted by molar-refractivity contribution is 5.79. The number of hydrogen-bond acceptors (Lipinski definition) is 2. The van der Waals surface area contributed by atoms with Gasteiger partial charge in [-0.1, -0.05) is 12.1 Å². The summed E-state index contributed by atoms with van der Waals surface area (Å²) >= 11 is 0. The molecule has 0 spiro atoms. The fraction of sp³-hybridized carbons (Fsp3) is 0.462. The molecule has 100 valence electrons. The SMILES string of the molecule is CN(C)C(=NCc1ccc(CO)c(F)c1)N(C)C. The second-order valence-electron chi connectivity index (χ2n) is 4.49. The standard InChI is InChI=1S/C13H20FN3O/c1-16(2)13(17(3)4)15-8-10-5-6-11(9-18)12(14)7-10/h5-7,18H,8-9H2,1-4H3. The Hall–Kier alpha value is -1.62. The van der Waals surface area contributed by atoms with E-state index in [0.717, 1.165) is 11.5 Å². The Morgan fingerprint density at radius 2 is 1.83 bits per heavy atom. The van der Waals surface area contributed by atoms with Gasteiger partial charge in [-0.15, -0.1) is 0 Å². The molecular formula is C13H20FN3O. The maximum absolute atomic E-state index is 13.5. The van der Waals surface area contributed by atoms with Crippen LogP contribution in [0.1, 0.15) is 11.1 Å². The first-order valence-electron chi connectivity index (χ1n) is 5.73. The van der Waals surface area contributed by atoms with Gasteiger partial charge in [-0.2, -0.15) is 0 Å². The third-order valence-corrected chi connectivity index (χ3v) is 2.49. The van der Waals surface area contributed by atoms with Gasteiger partial charge in [-0.25, -0.2) is 9.38 Å². The minimum atomic E-state index is -0.388. The summed E-state index contributed by atoms with van der Waals surface area (Å²) in [4.78, 5) is 8.23. The zero-order valence-electron chi connectivity index (χ0n) is 11.3. The minimum Gasteiger partial charge on any atom is -0.392 e. The lowest BCUT2D eigenvalue weighted by Crippen LogP contribution is -2.35. The highest BCUT2D eigenvalue weighted by Gasteiger charge is 2.05. The van der Waals surface area contributed by atoms with Gasteiger partial charge in [0, 0.05) is 33.8 Å². The lowest BCUT2D eigenvalue weighted by Gasteiger charge is -2.22. The summed E-state index contributed by atoms with van der Waals surface area (Å²) in [6.07, 6.45) is 0. The molecule has 0 amide bonds. The van der Waals surface area contributed by atoms with E-state index in [1.165, 1.54) is 6.07 Å². The first-order valence-corrected chi connectivity index (χ1v) is 5.73. The molecular weight excluding hydrogens is 233 g/mol. The molecule has 1 N–H and O–H groups in total. The molecule has 1 rings (SSSR count). The number of halogens is 1. The highest BCUT2D eigenvalue weighted by Crippen LogP contribution is 2.11. The molecule has 18 heavy (non-hydrogen) atoms. The van der Waals surface area contributed by atoms with E-state index in [1.54, 1.807) is 12.1 Å². The molecule has 0 radical (unpaired) electrons. The third-order valence-electron chi connectivity index (χ3n) is 2.49. The van der Waals surface area contributed by atoms with Crippen LogP contribution in [0.5, 0.6) is 0 Å². The van der Waals surface area contributed by atoms with E-state index >= 15 is 0 Å². The van der Waals surface area contributed by atoms with Crippen molar-refractivity contribution in [2.45, 2.75) is 13.2 Å². The van der Waals surface area contributed by atoms with E-state index in [2.05, 4.69) is 4.99 Å². The maximum atomic E-state index is 13.5. The van der Waals surface area contributed by atoms with Crippen molar-refractivity contribution in [1.29, 1.82) is 0 Å². The predicted octanol–water partition coefficient (Wildman–Crippen LogP) is 1.30. The monoisotopic (exact) mass is 253 g/mol. The van der Waals surface area contributed by atoms with Gasteiger partial charge in [0.2, 0.25) is 0 Å². The van der Waals surface area contributed by atoms with Crippen LogP contribution in [0.2, 0.25) is 0 Å². The smallest absolute Gasteiger partial charge is 0.195 e. The van der Waals surface area contributed by atoms with E-state index < -0.39 is 0 Å². The Bertz CT molecular complexity index is 420. The number of guanidine groups is 1. The molecule has 0 atom stereocenters. The van der Waals surface area contributed by atoms with E-state index in [9.17, 15) is 4.39 Å². The molecule has 0 saturated carbocycles. The van der Waals surface area contributed by atoms with E-state index in [4.69, 9.17) is 5.11 Å². The minimum absolute atomic E-state index is 0.282. The molecule has 0 aliphatic rings. The van der Waals surface area contributed by atoms with Crippen molar-refractivity contribution < 1.29 is 9.50 Å². The second kappa shape index (κ2) is 6.35. The number of benzene rings is 1. The van der Waals surface area contributed by atoms with Gasteiger partial charge in [0.15, 0.2) is 5.96 Å². The van der Waals surface area contributed by atoms with Crippen molar-refractivity contribution >= 4 is 5.96 Å². The summed E-state index contributed by atoms with van der Waals surface area (Å²) in [6, 6.07) is 4.78. The number of nitrogens with zero attached hydrogens (tertiary/aromatic N) is 3. The molecule has 0 aliphatic carbocycles. The number of aliphatic hydroxyl groups excluding tert-OH is 1. The van der Waals surface area contributed by atoms with Crippen LogP contribution >= 0.6 is 0 Å². The number of hydrogen-bond donors (Lipinski definition) is 1. The van der Waals surface area contributed by atoms with Crippen LogP contribution in [0, 0.1) is 5.82 Å². The van der Waals surface area contributed by atoms with Crippen molar-refractivity contribution in [3.8, 4) is 0 Å². The summed E-state index contributed by atoms with van der Waals surface area (Å²) in [7, 11) is 7.64. The van der Waals surface area contributed by atoms with Crippen LogP contribution in [0.4, 0.5) is 4.39 Å². The molecule has 0 heterocycles. The first kappa shape index (κ1) is 14.4. The zero-order chi connectivity index (χ0) is 13.7. The summed E-state index contributed by atoms with van der Waals surface area (Å²) in [5.74, 6) is 0.433. The van der Waals surface area contributed by atoms with Gasteiger partial charge in [-0.3, -0.25) is 0 Å². The quantitative estimate of drug-likeness (QED) is 0.652. The summed E-state index contributed by atoms with van der Waals surface area (Å²) in [5.41, 5.74) is 1.09. The normalized spacial score (nSPS) is 10.1. The molecule has 5 heteroatoms. The largest absolute Gasteiger partial charge is 0.392 e. The molecule has 1 aromatic carbocycles. The van der Waals surface area contributed by atoms with Gasteiger partial charge in [0.05, 0.1) is 13.2 Å². The molecule has 0 bridgehead atoms. The molecule has 0 saturated heterocycles. The summed E-state index contributed by atoms with van der Waals surface area (Å²) < 4.78 is 13.5. The van der Waals surface area contributed by atoms with Crippen LogP contribution in [-0.4, -0.2) is 49.1 Å². The zero-order valence-corrected chi connectivity index (χ0v) is 11.3. The van der Waals surface area contributed by atoms with E-state index in [1.807, 2.05) is 38.0 Å². The van der Waals surface area contributed by atoms with Gasteiger partial charge >= 0.3 is 0 Å². The van der Waals surface area contributed by atoms with Crippen molar-refractivity contribution in [3.63, 3.8) is 0 Å². The lowest BCUT2D eigenvalue weighted by molar-refractivity contribution is 0.275. The third kappa shape index (κ3) is 3.70. The first-order chi connectivity index (χ1) is 8.45. The molecule has 1 aromatic rings. The average Bonchev–Trinajstić information content (AvgIpc) is 2.28. The summed E-state index contributed by atoms with van der Waals surface area (Å²) in [5, 5.41) is 8.89. The van der Waals surface area contributed by atoms with Crippen molar-refractivity contribution in [2.24, 2.45) is 4.99 Å². The van der Waals surface area contributed by atoms with E-state index in [-0.39, 0.29) is 12.4 Å². The molecule has 4 nitrogen and oxygen atoms in total. The van der Waals surface area contributed by atoms with Crippen LogP contribution < -0.4 is 0 Å². The van der Waals surface area contributed by atoms with Gasteiger partial charge in [0.1, 0.15) is 5.82 Å². The van der Waals surface area contributed by atoms with Crippen molar-refractivity contribution in [3.05, 3.63) is 35.1 Å². The van der Waals surface area contributed by atoms with Crippen LogP contribution in [0.25, 0.3) is 0 Å². The lowest BCUT2D eigenvalue weighted by atomic mass is 10.1. The predicted molar refractivity (Wildman–Crippen MR) is 70.8 cm³/mol. The fourth-order valence-electron chi connectivity index (χ4n) is 1.66. The summed E-state index contributed by atoms with van der Waals surface area (Å²) in [6.45, 7) is 0.129. The number of rotatable bonds is 3. The van der Waals surface area contributed by atoms with Crippen LogP contribution in [-0.2, 0) is 13.2 Å². The number of aliphatic imine (C=N–C) groups is 1. The van der Waals surface area contributed by atoms with Crippen LogP contribution in [0.3, 0.4) is 0 Å². The molecule has 0 aromatic heterocycles. The van der Waals surface area contributed by atoms with Crippen molar-refractivity contribution in [2.75, 3.05) is 28.2 Å². The van der Waals surface area contributed by atoms with Gasteiger partial charge in [-0.05, 0) is 11.6 Å². The Balaban J connectivity index is 2.85. The Morgan fingerprint density at radius 3 is 2.28 bits per heavy atom. The fourth-order valence-corrected chi connectivity index (χ4v) is 1.66. The molecule has 0 fully saturated rings. The number of aliphatic hydroxyl groups is 1. The topological polar surface area (TPSA) is 39.1 Å². The van der Waals surface area contributed by atoms with Crippen molar-refractivity contribution in [1.82, 2.24) is 9.80 Å².